The van der Waals surface area contributed by atoms with Crippen LogP contribution in [0.25, 0.3) is 6.08 Å². The van der Waals surface area contributed by atoms with Crippen molar-refractivity contribution in [3.63, 3.8) is 0 Å². The molecule has 0 aromatic heterocycles. The van der Waals surface area contributed by atoms with Crippen molar-refractivity contribution in [3.05, 3.63) is 98.4 Å². The van der Waals surface area contributed by atoms with Crippen LogP contribution in [0.5, 0.6) is 5.75 Å². The molecule has 0 N–H and O–H groups in total. The normalized spacial score (nSPS) is 15.9. The summed E-state index contributed by atoms with van der Waals surface area (Å²) in [7, 11) is 0. The lowest BCUT2D eigenvalue weighted by Crippen LogP contribution is -2.28. The Balaban J connectivity index is 1.50. The monoisotopic (exact) mass is 484 g/mol. The van der Waals surface area contributed by atoms with Gasteiger partial charge in [-0.05, 0) is 111 Å². The van der Waals surface area contributed by atoms with E-state index in [-0.39, 0.29) is 5.91 Å². The van der Waals surface area contributed by atoms with E-state index in [9.17, 15) is 4.79 Å². The second-order valence-electron chi connectivity index (χ2n) is 9.08. The SMILES string of the molecule is CCN1C(=O)/C(=C\c2ccc(OCc3c(C)cc(C)cc3C)cc2)SC1=Nc1cc(C)ccc1C. The van der Waals surface area contributed by atoms with E-state index >= 15 is 0 Å². The molecule has 3 aromatic carbocycles. The zero-order valence-corrected chi connectivity index (χ0v) is 22.1. The van der Waals surface area contributed by atoms with E-state index in [4.69, 9.17) is 9.73 Å². The summed E-state index contributed by atoms with van der Waals surface area (Å²) >= 11 is 1.43. The minimum absolute atomic E-state index is 0.00722. The van der Waals surface area contributed by atoms with Crippen molar-refractivity contribution in [2.24, 2.45) is 4.99 Å². The average molecular weight is 485 g/mol. The van der Waals surface area contributed by atoms with E-state index in [1.54, 1.807) is 4.90 Å². The number of nitrogens with zero attached hydrogens (tertiary/aromatic N) is 2. The molecule has 0 aliphatic carbocycles. The fraction of sp³-hybridized carbons (Fsp3) is 0.267. The Morgan fingerprint density at radius 2 is 1.57 bits per heavy atom. The number of ether oxygens (including phenoxy) is 1. The van der Waals surface area contributed by atoms with Gasteiger partial charge in [0, 0.05) is 6.54 Å². The second kappa shape index (κ2) is 10.5. The smallest absolute Gasteiger partial charge is 0.266 e. The standard InChI is InChI=1S/C30H32N2O2S/c1-7-32-29(33)28(35-30(32)31-27-16-19(2)8-9-21(27)4)17-24-10-12-25(13-11-24)34-18-26-22(5)14-20(3)15-23(26)6/h8-17H,7,18H2,1-6H3/b28-17+,31-30?. The van der Waals surface area contributed by atoms with E-state index < -0.39 is 0 Å². The average Bonchev–Trinajstić information content (AvgIpc) is 3.10. The first-order chi connectivity index (χ1) is 16.7. The van der Waals surface area contributed by atoms with Crippen LogP contribution in [0, 0.1) is 34.6 Å². The Bertz CT molecular complexity index is 1300. The Morgan fingerprint density at radius 3 is 2.23 bits per heavy atom. The summed E-state index contributed by atoms with van der Waals surface area (Å²) in [6, 6.07) is 18.5. The number of likely N-dealkylation sites (N-methyl/N-ethyl adjacent to an activating group) is 1. The van der Waals surface area contributed by atoms with Crippen LogP contribution in [-0.2, 0) is 11.4 Å². The largest absolute Gasteiger partial charge is 0.489 e. The third-order valence-electron chi connectivity index (χ3n) is 6.19. The number of carbonyl (C=O) groups is 1. The topological polar surface area (TPSA) is 41.9 Å². The maximum atomic E-state index is 13.0. The fourth-order valence-electron chi connectivity index (χ4n) is 4.22. The van der Waals surface area contributed by atoms with Gasteiger partial charge in [-0.1, -0.05) is 42.0 Å². The predicted molar refractivity (Wildman–Crippen MR) is 147 cm³/mol. The van der Waals surface area contributed by atoms with Crippen molar-refractivity contribution in [3.8, 4) is 5.75 Å². The van der Waals surface area contributed by atoms with Crippen molar-refractivity contribution < 1.29 is 9.53 Å². The highest BCUT2D eigenvalue weighted by Gasteiger charge is 2.32. The molecule has 0 atom stereocenters. The lowest BCUT2D eigenvalue weighted by atomic mass is 10.0. The maximum absolute atomic E-state index is 13.0. The number of aryl methyl sites for hydroxylation is 5. The number of amidine groups is 1. The van der Waals surface area contributed by atoms with Crippen LogP contribution in [0.3, 0.4) is 0 Å². The Hall–Kier alpha value is -3.31. The van der Waals surface area contributed by atoms with Crippen LogP contribution in [-0.4, -0.2) is 22.5 Å². The van der Waals surface area contributed by atoms with Gasteiger partial charge in [0.2, 0.25) is 0 Å². The molecule has 0 radical (unpaired) electrons. The summed E-state index contributed by atoms with van der Waals surface area (Å²) in [6.45, 7) is 13.6. The quantitative estimate of drug-likeness (QED) is 0.342. The summed E-state index contributed by atoms with van der Waals surface area (Å²) in [5.41, 5.74) is 9.10. The number of amides is 1. The number of thioether (sulfide) groups is 1. The molecule has 3 aromatic rings. The highest BCUT2D eigenvalue weighted by molar-refractivity contribution is 8.18. The number of carbonyl (C=O) groups excluding carboxylic acids is 1. The van der Waals surface area contributed by atoms with Gasteiger partial charge in [0.25, 0.3) is 5.91 Å². The molecule has 1 aliphatic heterocycles. The molecule has 1 amide bonds. The summed E-state index contributed by atoms with van der Waals surface area (Å²) in [5, 5.41) is 0.723. The van der Waals surface area contributed by atoms with Gasteiger partial charge >= 0.3 is 0 Å². The van der Waals surface area contributed by atoms with Crippen molar-refractivity contribution in [2.45, 2.75) is 48.1 Å². The predicted octanol–water partition coefficient (Wildman–Crippen LogP) is 7.43. The van der Waals surface area contributed by atoms with E-state index in [2.05, 4.69) is 58.0 Å². The molecule has 180 valence electrons. The fourth-order valence-corrected chi connectivity index (χ4v) is 5.27. The Morgan fingerprint density at radius 1 is 0.886 bits per heavy atom. The molecule has 0 bridgehead atoms. The van der Waals surface area contributed by atoms with Gasteiger partial charge in [0.1, 0.15) is 12.4 Å². The first-order valence-electron chi connectivity index (χ1n) is 11.9. The lowest BCUT2D eigenvalue weighted by molar-refractivity contribution is -0.122. The number of hydrogen-bond donors (Lipinski definition) is 0. The third-order valence-corrected chi connectivity index (χ3v) is 7.19. The zero-order valence-electron chi connectivity index (χ0n) is 21.3. The molecular weight excluding hydrogens is 452 g/mol. The highest BCUT2D eigenvalue weighted by atomic mass is 32.2. The minimum Gasteiger partial charge on any atom is -0.489 e. The number of rotatable bonds is 6. The maximum Gasteiger partial charge on any atom is 0.266 e. The van der Waals surface area contributed by atoms with Crippen molar-refractivity contribution in [2.75, 3.05) is 6.54 Å². The van der Waals surface area contributed by atoms with Crippen molar-refractivity contribution in [1.82, 2.24) is 4.90 Å². The van der Waals surface area contributed by atoms with Crippen LogP contribution in [0.15, 0.2) is 64.5 Å². The van der Waals surface area contributed by atoms with Crippen LogP contribution in [0.1, 0.15) is 45.9 Å². The number of aliphatic imine (C=N–C) groups is 1. The van der Waals surface area contributed by atoms with Crippen LogP contribution >= 0.6 is 11.8 Å². The van der Waals surface area contributed by atoms with Gasteiger partial charge in [-0.25, -0.2) is 4.99 Å². The van der Waals surface area contributed by atoms with Crippen LogP contribution < -0.4 is 4.74 Å². The first-order valence-corrected chi connectivity index (χ1v) is 12.7. The second-order valence-corrected chi connectivity index (χ2v) is 10.1. The van der Waals surface area contributed by atoms with Crippen LogP contribution in [0.2, 0.25) is 0 Å². The molecule has 5 heteroatoms. The van der Waals surface area contributed by atoms with Gasteiger partial charge in [0.15, 0.2) is 5.17 Å². The van der Waals surface area contributed by atoms with E-state index in [1.165, 1.54) is 34.0 Å². The molecule has 35 heavy (non-hydrogen) atoms. The van der Waals surface area contributed by atoms with Crippen molar-refractivity contribution >= 4 is 34.6 Å². The summed E-state index contributed by atoms with van der Waals surface area (Å²) in [6.07, 6.45) is 1.93. The van der Waals surface area contributed by atoms with Crippen molar-refractivity contribution in [1.29, 1.82) is 0 Å². The third kappa shape index (κ3) is 5.68. The van der Waals surface area contributed by atoms with Gasteiger partial charge in [-0.2, -0.15) is 0 Å². The Labute approximate surface area is 212 Å². The Kier molecular flexibility index (Phi) is 7.46. The summed E-state index contributed by atoms with van der Waals surface area (Å²) < 4.78 is 6.06. The molecular formula is C30H32N2O2S. The number of hydrogen-bond acceptors (Lipinski definition) is 4. The van der Waals surface area contributed by atoms with E-state index in [0.717, 1.165) is 33.3 Å². The molecule has 0 saturated carbocycles. The van der Waals surface area contributed by atoms with Gasteiger partial charge in [-0.3, -0.25) is 9.69 Å². The molecule has 4 rings (SSSR count). The summed E-state index contributed by atoms with van der Waals surface area (Å²) in [4.78, 5) is 20.3. The number of benzene rings is 3. The van der Waals surface area contributed by atoms with E-state index in [1.807, 2.05) is 44.2 Å². The highest BCUT2D eigenvalue weighted by Crippen LogP contribution is 2.35. The van der Waals surface area contributed by atoms with Gasteiger partial charge < -0.3 is 4.74 Å². The lowest BCUT2D eigenvalue weighted by Gasteiger charge is -2.13. The molecule has 1 fully saturated rings. The van der Waals surface area contributed by atoms with Gasteiger partial charge in [0.05, 0.1) is 10.6 Å². The van der Waals surface area contributed by atoms with Gasteiger partial charge in [-0.15, -0.1) is 0 Å². The zero-order chi connectivity index (χ0) is 25.1. The first kappa shape index (κ1) is 24.8. The van der Waals surface area contributed by atoms with E-state index in [0.29, 0.717) is 18.1 Å². The molecule has 4 nitrogen and oxygen atoms in total. The molecule has 0 spiro atoms. The van der Waals surface area contributed by atoms with Crippen LogP contribution in [0.4, 0.5) is 5.69 Å². The summed E-state index contributed by atoms with van der Waals surface area (Å²) in [5.74, 6) is 0.802. The molecule has 0 unspecified atom stereocenters. The molecule has 1 saturated heterocycles. The minimum atomic E-state index is -0.00722. The molecule has 1 heterocycles. The molecule has 1 aliphatic rings.